The van der Waals surface area contributed by atoms with Crippen molar-refractivity contribution < 1.29 is 9.15 Å². The van der Waals surface area contributed by atoms with Gasteiger partial charge in [0.05, 0.1) is 19.6 Å². The van der Waals surface area contributed by atoms with Gasteiger partial charge in [-0.25, -0.2) is 0 Å². The SMILES string of the molecule is COc1nc(Cl)nc(N(C)Cc2ccoc2)n1. The van der Waals surface area contributed by atoms with E-state index in [0.717, 1.165) is 5.56 Å². The maximum atomic E-state index is 5.77. The molecule has 0 aromatic carbocycles. The van der Waals surface area contributed by atoms with Crippen molar-refractivity contribution in [3.8, 4) is 6.01 Å². The summed E-state index contributed by atoms with van der Waals surface area (Å²) in [7, 11) is 3.32. The lowest BCUT2D eigenvalue weighted by molar-refractivity contribution is 0.378. The molecule has 0 bridgehead atoms. The maximum Gasteiger partial charge on any atom is 0.322 e. The van der Waals surface area contributed by atoms with E-state index in [2.05, 4.69) is 15.0 Å². The fourth-order valence-corrected chi connectivity index (χ4v) is 1.46. The first-order valence-corrected chi connectivity index (χ1v) is 5.24. The average Bonchev–Trinajstić information content (AvgIpc) is 2.81. The third kappa shape index (κ3) is 2.85. The van der Waals surface area contributed by atoms with Gasteiger partial charge in [0.1, 0.15) is 0 Å². The lowest BCUT2D eigenvalue weighted by Gasteiger charge is -2.15. The van der Waals surface area contributed by atoms with Crippen LogP contribution in [0.1, 0.15) is 5.56 Å². The number of rotatable bonds is 4. The van der Waals surface area contributed by atoms with Crippen molar-refractivity contribution in [3.63, 3.8) is 0 Å². The second-order valence-electron chi connectivity index (χ2n) is 3.38. The normalized spacial score (nSPS) is 10.3. The standard InChI is InChI=1S/C10H11ClN4O2/c1-15(5-7-3-4-17-6-7)9-12-8(11)13-10(14-9)16-2/h3-4,6H,5H2,1-2H3. The summed E-state index contributed by atoms with van der Waals surface area (Å²) >= 11 is 5.77. The summed E-state index contributed by atoms with van der Waals surface area (Å²) < 4.78 is 9.92. The number of furan rings is 1. The van der Waals surface area contributed by atoms with Gasteiger partial charge in [-0.15, -0.1) is 0 Å². The van der Waals surface area contributed by atoms with E-state index >= 15 is 0 Å². The molecule has 0 spiro atoms. The van der Waals surface area contributed by atoms with Gasteiger partial charge in [0.2, 0.25) is 11.2 Å². The molecule has 2 heterocycles. The fraction of sp³-hybridized carbons (Fsp3) is 0.300. The molecule has 0 aliphatic carbocycles. The van der Waals surface area contributed by atoms with Crippen LogP contribution in [0.4, 0.5) is 5.95 Å². The number of anilines is 1. The highest BCUT2D eigenvalue weighted by molar-refractivity contribution is 6.28. The summed E-state index contributed by atoms with van der Waals surface area (Å²) in [5, 5.41) is 0.103. The molecule has 2 aromatic heterocycles. The highest BCUT2D eigenvalue weighted by Gasteiger charge is 2.10. The molecule has 2 aromatic rings. The van der Waals surface area contributed by atoms with E-state index in [-0.39, 0.29) is 11.3 Å². The number of halogens is 1. The van der Waals surface area contributed by atoms with Gasteiger partial charge in [-0.3, -0.25) is 0 Å². The summed E-state index contributed by atoms with van der Waals surface area (Å²) in [6.07, 6.45) is 3.28. The van der Waals surface area contributed by atoms with E-state index in [4.69, 9.17) is 20.8 Å². The molecule has 0 aliphatic heterocycles. The van der Waals surface area contributed by atoms with Crippen LogP contribution in [0.25, 0.3) is 0 Å². The minimum absolute atomic E-state index is 0.103. The van der Waals surface area contributed by atoms with Crippen LogP contribution in [-0.2, 0) is 6.54 Å². The Bertz CT molecular complexity index is 489. The predicted molar refractivity (Wildman–Crippen MR) is 62.2 cm³/mol. The number of hydrogen-bond acceptors (Lipinski definition) is 6. The van der Waals surface area contributed by atoms with Crippen molar-refractivity contribution in [2.45, 2.75) is 6.54 Å². The molecule has 90 valence electrons. The summed E-state index contributed by atoms with van der Waals surface area (Å²) in [4.78, 5) is 13.7. The Labute approximate surface area is 103 Å². The fourth-order valence-electron chi connectivity index (χ4n) is 1.31. The van der Waals surface area contributed by atoms with Crippen LogP contribution in [0.2, 0.25) is 5.28 Å². The molecular weight excluding hydrogens is 244 g/mol. The molecular formula is C10H11ClN4O2. The first kappa shape index (κ1) is 11.7. The molecule has 0 N–H and O–H groups in total. The number of ether oxygens (including phenoxy) is 1. The van der Waals surface area contributed by atoms with E-state index in [1.54, 1.807) is 12.5 Å². The van der Waals surface area contributed by atoms with Crippen molar-refractivity contribution >= 4 is 17.5 Å². The van der Waals surface area contributed by atoms with Crippen molar-refractivity contribution in [2.75, 3.05) is 19.1 Å². The lowest BCUT2D eigenvalue weighted by atomic mass is 10.3. The Balaban J connectivity index is 2.18. The molecule has 2 rings (SSSR count). The van der Waals surface area contributed by atoms with E-state index in [0.29, 0.717) is 12.5 Å². The van der Waals surface area contributed by atoms with Gasteiger partial charge >= 0.3 is 6.01 Å². The second-order valence-corrected chi connectivity index (χ2v) is 3.72. The highest BCUT2D eigenvalue weighted by Crippen LogP contribution is 2.15. The van der Waals surface area contributed by atoms with E-state index in [9.17, 15) is 0 Å². The third-order valence-corrected chi connectivity index (χ3v) is 2.27. The van der Waals surface area contributed by atoms with Gasteiger partial charge in [0.25, 0.3) is 0 Å². The van der Waals surface area contributed by atoms with Crippen LogP contribution in [0.3, 0.4) is 0 Å². The molecule has 0 amide bonds. The Morgan fingerprint density at radius 3 is 2.88 bits per heavy atom. The Morgan fingerprint density at radius 2 is 2.24 bits per heavy atom. The van der Waals surface area contributed by atoms with Crippen LogP contribution in [0.15, 0.2) is 23.0 Å². The quantitative estimate of drug-likeness (QED) is 0.828. The Morgan fingerprint density at radius 1 is 1.41 bits per heavy atom. The highest BCUT2D eigenvalue weighted by atomic mass is 35.5. The number of hydrogen-bond donors (Lipinski definition) is 0. The Hall–Kier alpha value is -1.82. The van der Waals surface area contributed by atoms with Crippen LogP contribution < -0.4 is 9.64 Å². The first-order chi connectivity index (χ1) is 8.19. The molecule has 6 nitrogen and oxygen atoms in total. The van der Waals surface area contributed by atoms with E-state index < -0.39 is 0 Å². The molecule has 0 unspecified atom stereocenters. The minimum atomic E-state index is 0.103. The average molecular weight is 255 g/mol. The van der Waals surface area contributed by atoms with Gasteiger partial charge in [-0.05, 0) is 17.7 Å². The van der Waals surface area contributed by atoms with Gasteiger partial charge in [0, 0.05) is 19.2 Å². The molecule has 0 fully saturated rings. The molecule has 0 radical (unpaired) electrons. The van der Waals surface area contributed by atoms with Crippen LogP contribution in [-0.4, -0.2) is 29.1 Å². The van der Waals surface area contributed by atoms with Crippen LogP contribution in [0, 0.1) is 0 Å². The zero-order valence-electron chi connectivity index (χ0n) is 9.42. The summed E-state index contributed by atoms with van der Waals surface area (Å²) in [6.45, 7) is 0.611. The predicted octanol–water partition coefficient (Wildman–Crippen LogP) is 1.76. The van der Waals surface area contributed by atoms with Gasteiger partial charge < -0.3 is 14.1 Å². The zero-order chi connectivity index (χ0) is 12.3. The molecule has 7 heteroatoms. The lowest BCUT2D eigenvalue weighted by Crippen LogP contribution is -2.19. The van der Waals surface area contributed by atoms with Crippen molar-refractivity contribution in [3.05, 3.63) is 29.4 Å². The largest absolute Gasteiger partial charge is 0.472 e. The molecule has 17 heavy (non-hydrogen) atoms. The zero-order valence-corrected chi connectivity index (χ0v) is 10.2. The van der Waals surface area contributed by atoms with Gasteiger partial charge in [0.15, 0.2) is 0 Å². The summed E-state index contributed by atoms with van der Waals surface area (Å²) in [5.41, 5.74) is 1.02. The monoisotopic (exact) mass is 254 g/mol. The van der Waals surface area contributed by atoms with E-state index in [1.165, 1.54) is 7.11 Å². The van der Waals surface area contributed by atoms with Crippen LogP contribution >= 0.6 is 11.6 Å². The van der Waals surface area contributed by atoms with E-state index in [1.807, 2.05) is 18.0 Å². The van der Waals surface area contributed by atoms with Crippen molar-refractivity contribution in [1.82, 2.24) is 15.0 Å². The Kier molecular flexibility index (Phi) is 3.43. The maximum absolute atomic E-state index is 5.77. The number of methoxy groups -OCH3 is 1. The first-order valence-electron chi connectivity index (χ1n) is 4.87. The van der Waals surface area contributed by atoms with Crippen molar-refractivity contribution in [2.24, 2.45) is 0 Å². The molecule has 0 aliphatic rings. The van der Waals surface area contributed by atoms with Crippen molar-refractivity contribution in [1.29, 1.82) is 0 Å². The topological polar surface area (TPSA) is 64.3 Å². The minimum Gasteiger partial charge on any atom is -0.472 e. The molecule has 0 saturated carbocycles. The summed E-state index contributed by atoms with van der Waals surface area (Å²) in [6, 6.07) is 2.07. The number of aromatic nitrogens is 3. The summed E-state index contributed by atoms with van der Waals surface area (Å²) in [5.74, 6) is 0.447. The van der Waals surface area contributed by atoms with Crippen LogP contribution in [0.5, 0.6) is 6.01 Å². The smallest absolute Gasteiger partial charge is 0.322 e. The second kappa shape index (κ2) is 5.01. The number of nitrogens with zero attached hydrogens (tertiary/aromatic N) is 4. The van der Waals surface area contributed by atoms with Gasteiger partial charge in [-0.1, -0.05) is 0 Å². The molecule has 0 atom stereocenters. The molecule has 0 saturated heterocycles. The van der Waals surface area contributed by atoms with Gasteiger partial charge in [-0.2, -0.15) is 15.0 Å². The third-order valence-electron chi connectivity index (χ3n) is 2.10.